The van der Waals surface area contributed by atoms with Gasteiger partial charge in [0.2, 0.25) is 0 Å². The lowest BCUT2D eigenvalue weighted by atomic mass is 10.1. The summed E-state index contributed by atoms with van der Waals surface area (Å²) in [6, 6.07) is 4.06. The smallest absolute Gasteiger partial charge is 0.251 e. The fraction of sp³-hybridized carbons (Fsp3) is 0.500. The highest BCUT2D eigenvalue weighted by Crippen LogP contribution is 2.24. The molecule has 0 heterocycles. The Hall–Kier alpha value is -1.71. The van der Waals surface area contributed by atoms with Crippen molar-refractivity contribution in [2.45, 2.75) is 33.1 Å². The molecule has 0 saturated heterocycles. The molecular weight excluding hydrogens is 230 g/mol. The Morgan fingerprint density at radius 3 is 2.56 bits per heavy atom. The summed E-state index contributed by atoms with van der Waals surface area (Å²) in [5.41, 5.74) is 0.356. The number of benzene rings is 1. The minimum absolute atomic E-state index is 0.219. The van der Waals surface area contributed by atoms with Gasteiger partial charge in [-0.15, -0.1) is 0 Å². The maximum atomic E-state index is 11.7. The van der Waals surface area contributed by atoms with Crippen LogP contribution in [-0.2, 0) is 0 Å². The second-order valence-corrected chi connectivity index (χ2v) is 4.85. The molecule has 0 aliphatic heterocycles. The van der Waals surface area contributed by atoms with Gasteiger partial charge in [-0.1, -0.05) is 26.7 Å². The second-order valence-electron chi connectivity index (χ2n) is 4.85. The highest BCUT2D eigenvalue weighted by Gasteiger charge is 2.07. The van der Waals surface area contributed by atoms with Crippen LogP contribution in [0.4, 0.5) is 0 Å². The van der Waals surface area contributed by atoms with Crippen molar-refractivity contribution < 1.29 is 15.0 Å². The molecule has 0 spiro atoms. The molecular formula is C14H21NO3. The number of phenols is 2. The van der Waals surface area contributed by atoms with E-state index < -0.39 is 0 Å². The number of rotatable bonds is 6. The summed E-state index contributed by atoms with van der Waals surface area (Å²) >= 11 is 0. The van der Waals surface area contributed by atoms with Gasteiger partial charge < -0.3 is 15.5 Å². The number of carbonyl (C=O) groups is 1. The zero-order valence-electron chi connectivity index (χ0n) is 10.9. The molecule has 1 aromatic rings. The molecule has 0 bridgehead atoms. The lowest BCUT2D eigenvalue weighted by Gasteiger charge is -2.07. The van der Waals surface area contributed by atoms with Crippen molar-refractivity contribution in [1.82, 2.24) is 5.32 Å². The van der Waals surface area contributed by atoms with Crippen LogP contribution in [0, 0.1) is 5.92 Å². The summed E-state index contributed by atoms with van der Waals surface area (Å²) in [4.78, 5) is 11.7. The molecule has 0 aliphatic carbocycles. The lowest BCUT2D eigenvalue weighted by molar-refractivity contribution is 0.0952. The van der Waals surface area contributed by atoms with Gasteiger partial charge >= 0.3 is 0 Å². The van der Waals surface area contributed by atoms with Crippen molar-refractivity contribution in [1.29, 1.82) is 0 Å². The molecule has 0 unspecified atom stereocenters. The minimum atomic E-state index is -0.276. The van der Waals surface area contributed by atoms with Gasteiger partial charge in [0.25, 0.3) is 5.91 Å². The number of hydrogen-bond donors (Lipinski definition) is 3. The van der Waals surface area contributed by atoms with Gasteiger partial charge in [0.1, 0.15) is 0 Å². The fourth-order valence-electron chi connectivity index (χ4n) is 1.65. The third-order valence-electron chi connectivity index (χ3n) is 2.73. The molecule has 3 N–H and O–H groups in total. The van der Waals surface area contributed by atoms with Gasteiger partial charge in [-0.05, 0) is 30.5 Å². The Kier molecular flexibility index (Phi) is 5.49. The lowest BCUT2D eigenvalue weighted by Crippen LogP contribution is -2.24. The third-order valence-corrected chi connectivity index (χ3v) is 2.73. The van der Waals surface area contributed by atoms with E-state index in [9.17, 15) is 9.90 Å². The van der Waals surface area contributed by atoms with Gasteiger partial charge in [0.15, 0.2) is 11.5 Å². The number of hydrogen-bond acceptors (Lipinski definition) is 3. The second kappa shape index (κ2) is 6.89. The molecule has 100 valence electrons. The highest BCUT2D eigenvalue weighted by molar-refractivity contribution is 5.94. The van der Waals surface area contributed by atoms with Crippen molar-refractivity contribution in [3.8, 4) is 11.5 Å². The van der Waals surface area contributed by atoms with Crippen LogP contribution in [0.3, 0.4) is 0 Å². The monoisotopic (exact) mass is 251 g/mol. The van der Waals surface area contributed by atoms with Crippen molar-refractivity contribution in [3.63, 3.8) is 0 Å². The van der Waals surface area contributed by atoms with Crippen LogP contribution in [0.25, 0.3) is 0 Å². The average molecular weight is 251 g/mol. The first-order valence-corrected chi connectivity index (χ1v) is 6.31. The third kappa shape index (κ3) is 4.65. The van der Waals surface area contributed by atoms with Gasteiger partial charge in [0, 0.05) is 12.1 Å². The predicted molar refractivity (Wildman–Crippen MR) is 70.8 cm³/mol. The summed E-state index contributed by atoms with van der Waals surface area (Å²) in [7, 11) is 0. The van der Waals surface area contributed by atoms with Gasteiger partial charge in [-0.3, -0.25) is 4.79 Å². The van der Waals surface area contributed by atoms with E-state index in [2.05, 4.69) is 19.2 Å². The Bertz CT molecular complexity index is 402. The molecule has 1 amide bonds. The van der Waals surface area contributed by atoms with Gasteiger partial charge in [-0.2, -0.15) is 0 Å². The molecule has 0 aromatic heterocycles. The molecule has 1 aromatic carbocycles. The Labute approximate surface area is 108 Å². The first kappa shape index (κ1) is 14.4. The van der Waals surface area contributed by atoms with Crippen molar-refractivity contribution in [2.24, 2.45) is 5.92 Å². The van der Waals surface area contributed by atoms with Crippen molar-refractivity contribution in [3.05, 3.63) is 23.8 Å². The maximum absolute atomic E-state index is 11.7. The number of aromatic hydroxyl groups is 2. The molecule has 0 atom stereocenters. The largest absolute Gasteiger partial charge is 0.504 e. The predicted octanol–water partition coefficient (Wildman–Crippen LogP) is 2.65. The summed E-state index contributed by atoms with van der Waals surface area (Å²) in [6.07, 6.45) is 3.21. The first-order chi connectivity index (χ1) is 8.50. The molecule has 1 rings (SSSR count). The molecule has 0 saturated carbocycles. The van der Waals surface area contributed by atoms with E-state index in [1.54, 1.807) is 0 Å². The van der Waals surface area contributed by atoms with E-state index in [1.165, 1.54) is 18.2 Å². The van der Waals surface area contributed by atoms with Gasteiger partial charge in [0.05, 0.1) is 0 Å². The zero-order chi connectivity index (χ0) is 13.5. The SMILES string of the molecule is CC(C)CCCCNC(=O)c1ccc(O)c(O)c1. The van der Waals surface area contributed by atoms with Crippen molar-refractivity contribution >= 4 is 5.91 Å². The number of phenolic OH excluding ortho intramolecular Hbond substituents is 2. The molecule has 18 heavy (non-hydrogen) atoms. The Morgan fingerprint density at radius 2 is 1.94 bits per heavy atom. The average Bonchev–Trinajstić information content (AvgIpc) is 2.31. The summed E-state index contributed by atoms with van der Waals surface area (Å²) in [5, 5.41) is 21.2. The molecule has 4 heteroatoms. The highest BCUT2D eigenvalue weighted by atomic mass is 16.3. The molecule has 0 aliphatic rings. The van der Waals surface area contributed by atoms with E-state index >= 15 is 0 Å². The Morgan fingerprint density at radius 1 is 1.22 bits per heavy atom. The normalized spacial score (nSPS) is 10.6. The first-order valence-electron chi connectivity index (χ1n) is 6.31. The topological polar surface area (TPSA) is 69.6 Å². The number of carbonyl (C=O) groups excluding carboxylic acids is 1. The standard InChI is InChI=1S/C14H21NO3/c1-10(2)5-3-4-8-15-14(18)11-6-7-12(16)13(17)9-11/h6-7,9-10,16-17H,3-5,8H2,1-2H3,(H,15,18). The van der Waals surface area contributed by atoms with Gasteiger partial charge in [-0.25, -0.2) is 0 Å². The number of unbranched alkanes of at least 4 members (excludes halogenated alkanes) is 1. The van der Waals surface area contributed by atoms with Crippen LogP contribution >= 0.6 is 0 Å². The zero-order valence-corrected chi connectivity index (χ0v) is 10.9. The van der Waals surface area contributed by atoms with Crippen LogP contribution in [0.2, 0.25) is 0 Å². The van der Waals surface area contributed by atoms with E-state index in [-0.39, 0.29) is 17.4 Å². The number of nitrogens with one attached hydrogen (secondary N) is 1. The number of amides is 1. The van der Waals surface area contributed by atoms with E-state index in [4.69, 9.17) is 5.11 Å². The van der Waals surface area contributed by atoms with Crippen LogP contribution in [0.5, 0.6) is 11.5 Å². The fourth-order valence-corrected chi connectivity index (χ4v) is 1.65. The van der Waals surface area contributed by atoms with Crippen LogP contribution in [0.1, 0.15) is 43.5 Å². The minimum Gasteiger partial charge on any atom is -0.504 e. The molecule has 0 radical (unpaired) electrons. The molecule has 0 fully saturated rings. The van der Waals surface area contributed by atoms with Crippen LogP contribution < -0.4 is 5.32 Å². The van der Waals surface area contributed by atoms with E-state index in [1.807, 2.05) is 0 Å². The summed E-state index contributed by atoms with van der Waals surface area (Å²) < 4.78 is 0. The summed E-state index contributed by atoms with van der Waals surface area (Å²) in [6.45, 7) is 4.99. The quantitative estimate of drug-likeness (QED) is 0.537. The maximum Gasteiger partial charge on any atom is 0.251 e. The Balaban J connectivity index is 2.34. The summed E-state index contributed by atoms with van der Waals surface area (Å²) in [5.74, 6) is -0.0319. The molecule has 4 nitrogen and oxygen atoms in total. The van der Waals surface area contributed by atoms with E-state index in [0.717, 1.165) is 19.3 Å². The van der Waals surface area contributed by atoms with E-state index in [0.29, 0.717) is 18.0 Å². The van der Waals surface area contributed by atoms with Crippen molar-refractivity contribution in [2.75, 3.05) is 6.54 Å². The van der Waals surface area contributed by atoms with Crippen LogP contribution in [0.15, 0.2) is 18.2 Å². The van der Waals surface area contributed by atoms with Crippen LogP contribution in [-0.4, -0.2) is 22.7 Å².